The molecule has 1 rings (SSSR count). The Morgan fingerprint density at radius 2 is 0.951 bits per heavy atom. The summed E-state index contributed by atoms with van der Waals surface area (Å²) in [5.41, 5.74) is -2.35. The van der Waals surface area contributed by atoms with E-state index in [1.54, 1.807) is 39.0 Å². The quantitative estimate of drug-likeness (QED) is 0.149. The van der Waals surface area contributed by atoms with E-state index in [1.807, 2.05) is 5.43 Å². The second-order valence-corrected chi connectivity index (χ2v) is 12.8. The molecule has 0 unspecified atom stereocenters. The molecular weight excluding hydrogens is 536 g/mol. The summed E-state index contributed by atoms with van der Waals surface area (Å²) in [5.74, 6) is -1.86. The van der Waals surface area contributed by atoms with Gasteiger partial charge in [0.15, 0.2) is 0 Å². The molecule has 0 spiro atoms. The fourth-order valence-corrected chi connectivity index (χ4v) is 2.73. The molecule has 0 saturated heterocycles. The first-order valence-corrected chi connectivity index (χ1v) is 12.9. The zero-order chi connectivity index (χ0) is 32.0. The summed E-state index contributed by atoms with van der Waals surface area (Å²) in [4.78, 5) is 66.8. The maximum absolute atomic E-state index is 13.8. The highest BCUT2D eigenvalue weighted by molar-refractivity contribution is 6.47. The molecule has 0 aliphatic carbocycles. The number of hydrazone groups is 1. The van der Waals surface area contributed by atoms with Crippen molar-refractivity contribution in [2.24, 2.45) is 5.10 Å². The molecule has 1 aromatic carbocycles. The molecule has 1 aromatic rings. The van der Waals surface area contributed by atoms with Crippen molar-refractivity contribution in [3.8, 4) is 0 Å². The van der Waals surface area contributed by atoms with E-state index in [-0.39, 0.29) is 15.6 Å². The molecule has 0 aliphatic heterocycles. The number of amidine groups is 1. The molecule has 0 radical (unpaired) electrons. The molecule has 1 N–H and O–H groups in total. The average Bonchev–Trinajstić information content (AvgIpc) is 2.73. The lowest BCUT2D eigenvalue weighted by Gasteiger charge is -2.35. The van der Waals surface area contributed by atoms with Crippen LogP contribution in [0.1, 0.15) is 93.4 Å². The topological polar surface area (TPSA) is 153 Å². The van der Waals surface area contributed by atoms with Crippen molar-refractivity contribution in [2.75, 3.05) is 0 Å². The standard InChI is InChI=1S/C28H42N4O9/c1-25(2,3)38-21(34)30-29-20(19(33)18-16-14-13-15-17-18)31(22(35)39-26(4,5)6)32(23(36)40-27(7,8)9)24(37)41-28(10,11)12/h13-17H,1-12H3,(H,30,34)/b29-20+. The Bertz CT molecular complexity index is 1120. The van der Waals surface area contributed by atoms with Gasteiger partial charge < -0.3 is 18.9 Å². The van der Waals surface area contributed by atoms with Gasteiger partial charge >= 0.3 is 24.4 Å². The number of hydrogen-bond donors (Lipinski definition) is 1. The predicted molar refractivity (Wildman–Crippen MR) is 150 cm³/mol. The first-order valence-electron chi connectivity index (χ1n) is 12.9. The number of nitrogens with zero attached hydrogens (tertiary/aromatic N) is 3. The average molecular weight is 579 g/mol. The molecule has 0 aliphatic rings. The van der Waals surface area contributed by atoms with Crippen molar-refractivity contribution in [1.82, 2.24) is 15.4 Å². The van der Waals surface area contributed by atoms with Crippen molar-refractivity contribution in [1.29, 1.82) is 0 Å². The van der Waals surface area contributed by atoms with Crippen molar-refractivity contribution < 1.29 is 42.9 Å². The van der Waals surface area contributed by atoms with Crippen LogP contribution >= 0.6 is 0 Å². The lowest BCUT2D eigenvalue weighted by molar-refractivity contribution is -0.0480. The highest BCUT2D eigenvalue weighted by atomic mass is 16.6. The summed E-state index contributed by atoms with van der Waals surface area (Å²) in [5, 5.41) is 4.24. The molecule has 228 valence electrons. The highest BCUT2D eigenvalue weighted by Gasteiger charge is 2.45. The SMILES string of the molecule is CC(C)(C)OC(=O)N/N=C(\C(=O)c1ccccc1)N(C(=O)OC(C)(C)C)N(C(=O)OC(C)(C)C)C(=O)OC(C)(C)C. The number of amides is 4. The van der Waals surface area contributed by atoms with Gasteiger partial charge in [0.25, 0.3) is 0 Å². The number of ether oxygens (including phenoxy) is 4. The minimum atomic E-state index is -1.39. The van der Waals surface area contributed by atoms with E-state index in [0.29, 0.717) is 0 Å². The van der Waals surface area contributed by atoms with Gasteiger partial charge in [-0.3, -0.25) is 4.79 Å². The smallest absolute Gasteiger partial charge is 0.440 e. The summed E-state index contributed by atoms with van der Waals surface area (Å²) < 4.78 is 21.4. The van der Waals surface area contributed by atoms with Gasteiger partial charge in [-0.1, -0.05) is 30.3 Å². The third-order valence-corrected chi connectivity index (χ3v) is 3.99. The van der Waals surface area contributed by atoms with Gasteiger partial charge in [0.2, 0.25) is 11.6 Å². The van der Waals surface area contributed by atoms with Gasteiger partial charge in [0.05, 0.1) is 0 Å². The van der Waals surface area contributed by atoms with Crippen LogP contribution in [0.3, 0.4) is 0 Å². The second kappa shape index (κ2) is 13.0. The number of carbonyl (C=O) groups excluding carboxylic acids is 5. The van der Waals surface area contributed by atoms with Crippen LogP contribution in [-0.2, 0) is 18.9 Å². The number of hydrazine groups is 1. The van der Waals surface area contributed by atoms with Crippen LogP contribution in [0.2, 0.25) is 0 Å². The lowest BCUT2D eigenvalue weighted by Crippen LogP contribution is -2.60. The van der Waals surface area contributed by atoms with Gasteiger partial charge in [-0.25, -0.2) is 24.6 Å². The number of nitrogens with one attached hydrogen (secondary N) is 1. The van der Waals surface area contributed by atoms with Gasteiger partial charge in [-0.15, -0.1) is 15.1 Å². The second-order valence-electron chi connectivity index (χ2n) is 12.8. The van der Waals surface area contributed by atoms with Crippen LogP contribution in [0.15, 0.2) is 35.4 Å². The molecule has 0 saturated carbocycles. The van der Waals surface area contributed by atoms with Crippen molar-refractivity contribution in [2.45, 2.75) is 105 Å². The largest absolute Gasteiger partial charge is 0.443 e. The first kappa shape index (κ1) is 34.9. The van der Waals surface area contributed by atoms with Crippen molar-refractivity contribution in [3.05, 3.63) is 35.9 Å². The van der Waals surface area contributed by atoms with Crippen molar-refractivity contribution >= 4 is 36.0 Å². The lowest BCUT2D eigenvalue weighted by atomic mass is 10.1. The summed E-state index contributed by atoms with van der Waals surface area (Å²) in [6.07, 6.45) is -5.23. The molecule has 0 atom stereocenters. The Hall–Kier alpha value is -4.16. The molecule has 4 amide bonds. The fourth-order valence-electron chi connectivity index (χ4n) is 2.73. The number of rotatable bonds is 3. The molecular formula is C28H42N4O9. The number of ketones is 1. The Kier molecular flexibility index (Phi) is 11.1. The zero-order valence-corrected chi connectivity index (χ0v) is 25.9. The molecule has 0 bridgehead atoms. The Morgan fingerprint density at radius 3 is 1.32 bits per heavy atom. The molecule has 0 aromatic heterocycles. The third kappa shape index (κ3) is 12.7. The summed E-state index contributed by atoms with van der Waals surface area (Å²) in [6.45, 7) is 18.6. The Balaban J connectivity index is 3.97. The van der Waals surface area contributed by atoms with Gasteiger partial charge in [0.1, 0.15) is 22.4 Å². The van der Waals surface area contributed by atoms with Crippen LogP contribution in [0.25, 0.3) is 0 Å². The minimum Gasteiger partial charge on any atom is -0.443 e. The van der Waals surface area contributed by atoms with E-state index in [4.69, 9.17) is 18.9 Å². The summed E-state index contributed by atoms with van der Waals surface area (Å²) in [6, 6.07) is 7.55. The van der Waals surface area contributed by atoms with Gasteiger partial charge in [0, 0.05) is 5.56 Å². The monoisotopic (exact) mass is 578 g/mol. The fraction of sp³-hybridized carbons (Fsp3) is 0.571. The Labute approximate surface area is 241 Å². The van der Waals surface area contributed by atoms with E-state index < -0.39 is 58.4 Å². The maximum atomic E-state index is 13.8. The van der Waals surface area contributed by atoms with E-state index in [9.17, 15) is 24.0 Å². The van der Waals surface area contributed by atoms with E-state index in [1.165, 1.54) is 74.4 Å². The van der Waals surface area contributed by atoms with E-state index in [0.717, 1.165) is 0 Å². The predicted octanol–water partition coefficient (Wildman–Crippen LogP) is 6.03. The minimum absolute atomic E-state index is 0.000810. The van der Waals surface area contributed by atoms with Gasteiger partial charge in [-0.2, -0.15) is 0 Å². The number of Topliss-reactive ketones (excluding diaryl/α,β-unsaturated/α-hetero) is 1. The highest BCUT2D eigenvalue weighted by Crippen LogP contribution is 2.21. The van der Waals surface area contributed by atoms with Crippen LogP contribution in [0, 0.1) is 0 Å². The number of carbonyl (C=O) groups is 5. The normalized spacial score (nSPS) is 12.5. The Morgan fingerprint density at radius 1 is 0.585 bits per heavy atom. The van der Waals surface area contributed by atoms with Crippen LogP contribution in [0.5, 0.6) is 0 Å². The third-order valence-electron chi connectivity index (χ3n) is 3.99. The van der Waals surface area contributed by atoms with Crippen LogP contribution < -0.4 is 5.43 Å². The van der Waals surface area contributed by atoms with Crippen LogP contribution in [-0.4, -0.2) is 68.4 Å². The number of imide groups is 1. The molecule has 13 heteroatoms. The summed E-state index contributed by atoms with van der Waals surface area (Å²) >= 11 is 0. The van der Waals surface area contributed by atoms with Gasteiger partial charge in [-0.05, 0) is 83.1 Å². The van der Waals surface area contributed by atoms with E-state index >= 15 is 0 Å². The first-order chi connectivity index (χ1) is 18.4. The molecule has 13 nitrogen and oxygen atoms in total. The number of hydrogen-bond acceptors (Lipinski definition) is 10. The molecule has 0 fully saturated rings. The maximum Gasteiger partial charge on any atom is 0.440 e. The molecule has 0 heterocycles. The van der Waals surface area contributed by atoms with Crippen LogP contribution in [0.4, 0.5) is 19.2 Å². The number of benzene rings is 1. The zero-order valence-electron chi connectivity index (χ0n) is 25.9. The van der Waals surface area contributed by atoms with E-state index in [2.05, 4.69) is 5.10 Å². The van der Waals surface area contributed by atoms with Crippen molar-refractivity contribution in [3.63, 3.8) is 0 Å². The molecule has 41 heavy (non-hydrogen) atoms. The summed E-state index contributed by atoms with van der Waals surface area (Å²) in [7, 11) is 0.